The predicted molar refractivity (Wildman–Crippen MR) is 111 cm³/mol. The molecule has 4 rings (SSSR count). The average molecular weight is 444 g/mol. The van der Waals surface area contributed by atoms with Crippen LogP contribution in [0.25, 0.3) is 10.8 Å². The third-order valence-electron chi connectivity index (χ3n) is 4.58. The van der Waals surface area contributed by atoms with Gasteiger partial charge in [-0.2, -0.15) is 18.3 Å². The van der Waals surface area contributed by atoms with E-state index in [0.29, 0.717) is 21.2 Å². The highest BCUT2D eigenvalue weighted by atomic mass is 32.1. The lowest BCUT2D eigenvalue weighted by Crippen LogP contribution is -2.25. The topological polar surface area (TPSA) is 76.9 Å². The molecule has 2 heterocycles. The van der Waals surface area contributed by atoms with E-state index in [4.69, 9.17) is 0 Å². The first kappa shape index (κ1) is 20.7. The number of benzene rings is 2. The monoisotopic (exact) mass is 444 g/mol. The molecule has 0 bridgehead atoms. The van der Waals surface area contributed by atoms with Crippen LogP contribution in [0.5, 0.6) is 0 Å². The third-order valence-corrected chi connectivity index (χ3v) is 5.49. The number of aromatic nitrogens is 3. The molecule has 0 saturated heterocycles. The summed E-state index contributed by atoms with van der Waals surface area (Å²) in [4.78, 5) is 29.8. The molecule has 10 heteroatoms. The molecule has 0 aliphatic heterocycles. The van der Waals surface area contributed by atoms with E-state index in [-0.39, 0.29) is 22.8 Å². The van der Waals surface area contributed by atoms with Gasteiger partial charge in [0.05, 0.1) is 10.9 Å². The number of thiazole rings is 1. The van der Waals surface area contributed by atoms with E-state index in [2.05, 4.69) is 15.4 Å². The van der Waals surface area contributed by atoms with Gasteiger partial charge >= 0.3 is 6.18 Å². The number of rotatable bonds is 4. The predicted octanol–water partition coefficient (Wildman–Crippen LogP) is 4.25. The minimum absolute atomic E-state index is 0.0762. The van der Waals surface area contributed by atoms with Crippen LogP contribution in [0, 0.1) is 0 Å². The molecule has 1 amide bonds. The van der Waals surface area contributed by atoms with Gasteiger partial charge in [0.2, 0.25) is 0 Å². The molecule has 0 aliphatic carbocycles. The van der Waals surface area contributed by atoms with Crippen LogP contribution < -0.4 is 10.9 Å². The van der Waals surface area contributed by atoms with Crippen molar-refractivity contribution in [1.29, 1.82) is 0 Å². The molecule has 6 nitrogen and oxygen atoms in total. The number of fused-ring (bicyclic) bond motifs is 1. The zero-order valence-electron chi connectivity index (χ0n) is 16.1. The zero-order valence-corrected chi connectivity index (χ0v) is 16.9. The number of carbonyl (C=O) groups is 1. The first-order chi connectivity index (χ1) is 14.7. The molecule has 1 N–H and O–H groups in total. The molecule has 2 aromatic heterocycles. The van der Waals surface area contributed by atoms with Crippen molar-refractivity contribution in [3.05, 3.63) is 86.8 Å². The quantitative estimate of drug-likeness (QED) is 0.511. The Morgan fingerprint density at radius 2 is 1.87 bits per heavy atom. The number of nitrogens with one attached hydrogen (secondary N) is 1. The number of hydrogen-bond acceptors (Lipinski definition) is 5. The van der Waals surface area contributed by atoms with Crippen molar-refractivity contribution >= 4 is 33.1 Å². The summed E-state index contributed by atoms with van der Waals surface area (Å²) in [6.45, 7) is 0. The van der Waals surface area contributed by atoms with Gasteiger partial charge in [0.1, 0.15) is 0 Å². The van der Waals surface area contributed by atoms with E-state index >= 15 is 0 Å². The van der Waals surface area contributed by atoms with Gasteiger partial charge in [0, 0.05) is 29.9 Å². The normalized spacial score (nSPS) is 11.6. The van der Waals surface area contributed by atoms with Crippen LogP contribution in [0.4, 0.5) is 18.3 Å². The maximum Gasteiger partial charge on any atom is 0.416 e. The second-order valence-electron chi connectivity index (χ2n) is 6.78. The fraction of sp³-hybridized carbons (Fsp3) is 0.143. The second-order valence-corrected chi connectivity index (χ2v) is 7.90. The number of aryl methyl sites for hydroxylation is 1. The fourth-order valence-corrected chi connectivity index (χ4v) is 3.97. The van der Waals surface area contributed by atoms with Crippen molar-refractivity contribution < 1.29 is 18.0 Å². The summed E-state index contributed by atoms with van der Waals surface area (Å²) in [6.07, 6.45) is -2.65. The summed E-state index contributed by atoms with van der Waals surface area (Å²) >= 11 is 1.16. The molecule has 0 spiro atoms. The Kier molecular flexibility index (Phi) is 5.32. The van der Waals surface area contributed by atoms with Crippen molar-refractivity contribution in [2.45, 2.75) is 12.6 Å². The Balaban J connectivity index is 1.55. The number of alkyl halides is 3. The minimum atomic E-state index is -4.41. The Morgan fingerprint density at radius 1 is 1.13 bits per heavy atom. The Hall–Kier alpha value is -3.53. The Labute approximate surface area is 178 Å². The van der Waals surface area contributed by atoms with Gasteiger partial charge in [-0.05, 0) is 17.7 Å². The summed E-state index contributed by atoms with van der Waals surface area (Å²) in [5.41, 5.74) is -0.463. The van der Waals surface area contributed by atoms with Gasteiger partial charge in [0.25, 0.3) is 11.5 Å². The van der Waals surface area contributed by atoms with Gasteiger partial charge in [-0.25, -0.2) is 9.67 Å². The Bertz CT molecular complexity index is 1340. The first-order valence-corrected chi connectivity index (χ1v) is 9.92. The van der Waals surface area contributed by atoms with Crippen LogP contribution in [0.3, 0.4) is 0 Å². The number of hydrogen-bond donors (Lipinski definition) is 1. The molecule has 31 heavy (non-hydrogen) atoms. The lowest BCUT2D eigenvalue weighted by molar-refractivity contribution is -0.137. The van der Waals surface area contributed by atoms with Crippen LogP contribution in [0.2, 0.25) is 0 Å². The smallest absolute Gasteiger partial charge is 0.296 e. The summed E-state index contributed by atoms with van der Waals surface area (Å²) in [7, 11) is 1.46. The molecule has 0 atom stereocenters. The van der Waals surface area contributed by atoms with E-state index in [9.17, 15) is 22.8 Å². The molecule has 0 unspecified atom stereocenters. The van der Waals surface area contributed by atoms with Crippen LogP contribution in [-0.2, 0) is 19.6 Å². The van der Waals surface area contributed by atoms with E-state index in [1.807, 2.05) is 0 Å². The van der Waals surface area contributed by atoms with Gasteiger partial charge in [-0.3, -0.25) is 14.9 Å². The maximum atomic E-state index is 12.9. The number of carbonyl (C=O) groups excluding carboxylic acids is 1. The number of anilines is 1. The maximum absolute atomic E-state index is 12.9. The van der Waals surface area contributed by atoms with Crippen LogP contribution in [-0.4, -0.2) is 20.7 Å². The lowest BCUT2D eigenvalue weighted by Gasteiger charge is -2.08. The van der Waals surface area contributed by atoms with Crippen molar-refractivity contribution in [3.63, 3.8) is 0 Å². The highest BCUT2D eigenvalue weighted by Crippen LogP contribution is 2.30. The third kappa shape index (κ3) is 4.33. The van der Waals surface area contributed by atoms with E-state index in [0.717, 1.165) is 28.2 Å². The van der Waals surface area contributed by atoms with Crippen LogP contribution in [0.1, 0.15) is 26.5 Å². The van der Waals surface area contributed by atoms with Gasteiger partial charge < -0.3 is 0 Å². The van der Waals surface area contributed by atoms with E-state index in [1.165, 1.54) is 19.3 Å². The van der Waals surface area contributed by atoms with Gasteiger partial charge in [-0.15, -0.1) is 11.3 Å². The first-order valence-electron chi connectivity index (χ1n) is 9.10. The van der Waals surface area contributed by atoms with Crippen molar-refractivity contribution in [1.82, 2.24) is 14.8 Å². The summed E-state index contributed by atoms with van der Waals surface area (Å²) in [6, 6.07) is 11.7. The Morgan fingerprint density at radius 3 is 2.61 bits per heavy atom. The van der Waals surface area contributed by atoms with Gasteiger partial charge in [-0.1, -0.05) is 36.4 Å². The van der Waals surface area contributed by atoms with Crippen molar-refractivity contribution in [3.8, 4) is 0 Å². The summed E-state index contributed by atoms with van der Waals surface area (Å²) in [5.74, 6) is -0.535. The lowest BCUT2D eigenvalue weighted by atomic mass is 10.1. The SMILES string of the molecule is Cn1nc(C(=O)Nc2ncc(Cc3cccc(C(F)(F)F)c3)s2)c2ccccc2c1=O. The highest BCUT2D eigenvalue weighted by Gasteiger charge is 2.30. The van der Waals surface area contributed by atoms with Crippen LogP contribution in [0.15, 0.2) is 59.5 Å². The second kappa shape index (κ2) is 7.95. The molecule has 0 saturated carbocycles. The molecular formula is C21H15F3N4O2S. The molecule has 0 aliphatic rings. The number of nitrogens with zero attached hydrogens (tertiary/aromatic N) is 3. The summed E-state index contributed by atoms with van der Waals surface area (Å²) in [5, 5.41) is 7.79. The van der Waals surface area contributed by atoms with Gasteiger partial charge in [0.15, 0.2) is 10.8 Å². The molecule has 4 aromatic rings. The summed E-state index contributed by atoms with van der Waals surface area (Å²) < 4.78 is 39.8. The standard InChI is InChI=1S/C21H15F3N4O2S/c1-28-19(30)16-8-3-2-7-15(16)17(27-28)18(29)26-20-25-11-14(31-20)10-12-5-4-6-13(9-12)21(22,23)24/h2-9,11H,10H2,1H3,(H,25,26,29). The van der Waals surface area contributed by atoms with E-state index < -0.39 is 17.6 Å². The average Bonchev–Trinajstić information content (AvgIpc) is 3.17. The number of amides is 1. The molecule has 0 fully saturated rings. The molecular weight excluding hydrogens is 429 g/mol. The number of halogens is 3. The zero-order chi connectivity index (χ0) is 22.2. The highest BCUT2D eigenvalue weighted by molar-refractivity contribution is 7.15. The minimum Gasteiger partial charge on any atom is -0.296 e. The largest absolute Gasteiger partial charge is 0.416 e. The van der Waals surface area contributed by atoms with Crippen LogP contribution >= 0.6 is 11.3 Å². The molecule has 2 aromatic carbocycles. The molecule has 0 radical (unpaired) electrons. The van der Waals surface area contributed by atoms with E-state index in [1.54, 1.807) is 30.3 Å². The fourth-order valence-electron chi connectivity index (χ4n) is 3.13. The molecule has 158 valence electrons. The van der Waals surface area contributed by atoms with Crippen molar-refractivity contribution in [2.24, 2.45) is 7.05 Å². The van der Waals surface area contributed by atoms with Crippen molar-refractivity contribution in [2.75, 3.05) is 5.32 Å².